The number of carbonyl (C=O) groups excluding carboxylic acids is 2. The molecule has 0 saturated carbocycles. The zero-order valence-corrected chi connectivity index (χ0v) is 19.0. The van der Waals surface area contributed by atoms with Crippen molar-refractivity contribution >= 4 is 23.0 Å². The maximum Gasteiger partial charge on any atom is 0.240 e. The lowest BCUT2D eigenvalue weighted by Gasteiger charge is -2.44. The molecule has 1 aliphatic rings. The zero-order valence-electron chi connectivity index (χ0n) is 19.0. The fraction of sp³-hybridized carbons (Fsp3) is 0.308. The van der Waals surface area contributed by atoms with Crippen LogP contribution in [0.1, 0.15) is 11.1 Å². The number of likely N-dealkylation sites (N-methyl/N-ethyl adjacent to an activating group) is 2. The minimum atomic E-state index is -0.421. The summed E-state index contributed by atoms with van der Waals surface area (Å²) in [6.45, 7) is 1.28. The summed E-state index contributed by atoms with van der Waals surface area (Å²) in [7, 11) is 3.78. The molecule has 4 rings (SSSR count). The Morgan fingerprint density at radius 2 is 1.79 bits per heavy atom. The molecule has 1 fully saturated rings. The van der Waals surface area contributed by atoms with E-state index in [9.17, 15) is 14.7 Å². The normalized spacial score (nSPS) is 18.9. The van der Waals surface area contributed by atoms with E-state index in [1.807, 2.05) is 59.3 Å². The van der Waals surface area contributed by atoms with Gasteiger partial charge in [-0.3, -0.25) is 10.1 Å². The maximum atomic E-state index is 13.5. The molecular weight excluding hydrogens is 416 g/mol. The SMILES string of the molecule is CN(CC=O)N(C)C1CN(Cc2cccc3ccccc23)C(=O)[C@H](Cc2ccc(O)cc2)N1. The number of carbonyl (C=O) groups is 2. The Morgan fingerprint density at radius 3 is 2.55 bits per heavy atom. The molecule has 1 amide bonds. The van der Waals surface area contributed by atoms with Crippen molar-refractivity contribution in [1.82, 2.24) is 20.2 Å². The highest BCUT2D eigenvalue weighted by molar-refractivity contribution is 5.87. The molecule has 1 aliphatic heterocycles. The maximum absolute atomic E-state index is 13.5. The Balaban J connectivity index is 1.61. The van der Waals surface area contributed by atoms with Gasteiger partial charge in [-0.1, -0.05) is 54.6 Å². The highest BCUT2D eigenvalue weighted by Crippen LogP contribution is 2.23. The zero-order chi connectivity index (χ0) is 23.4. The third kappa shape index (κ3) is 5.22. The van der Waals surface area contributed by atoms with E-state index in [2.05, 4.69) is 29.6 Å². The Bertz CT molecular complexity index is 1110. The van der Waals surface area contributed by atoms with Crippen molar-refractivity contribution in [3.8, 4) is 5.75 Å². The van der Waals surface area contributed by atoms with Crippen LogP contribution in [0.5, 0.6) is 5.75 Å². The lowest BCUT2D eigenvalue weighted by atomic mass is 10.00. The van der Waals surface area contributed by atoms with Crippen molar-refractivity contribution in [2.75, 3.05) is 27.2 Å². The van der Waals surface area contributed by atoms with Crippen LogP contribution in [0.3, 0.4) is 0 Å². The molecule has 7 heteroatoms. The van der Waals surface area contributed by atoms with Crippen LogP contribution in [0.4, 0.5) is 0 Å². The van der Waals surface area contributed by atoms with Gasteiger partial charge in [0.25, 0.3) is 0 Å². The molecule has 0 aliphatic carbocycles. The van der Waals surface area contributed by atoms with Crippen LogP contribution in [-0.4, -0.2) is 71.6 Å². The number of hydrogen-bond donors (Lipinski definition) is 2. The molecule has 7 nitrogen and oxygen atoms in total. The first-order chi connectivity index (χ1) is 16.0. The van der Waals surface area contributed by atoms with Crippen molar-refractivity contribution < 1.29 is 14.7 Å². The number of aldehydes is 1. The molecular formula is C26H30N4O3. The first kappa shape index (κ1) is 22.9. The van der Waals surface area contributed by atoms with E-state index in [0.29, 0.717) is 19.5 Å². The number of fused-ring (bicyclic) bond motifs is 1. The summed E-state index contributed by atoms with van der Waals surface area (Å²) in [4.78, 5) is 26.5. The van der Waals surface area contributed by atoms with Crippen molar-refractivity contribution in [2.24, 2.45) is 0 Å². The second-order valence-corrected chi connectivity index (χ2v) is 8.54. The Morgan fingerprint density at radius 1 is 1.06 bits per heavy atom. The number of amides is 1. The van der Waals surface area contributed by atoms with Gasteiger partial charge >= 0.3 is 0 Å². The first-order valence-electron chi connectivity index (χ1n) is 11.1. The Kier molecular flexibility index (Phi) is 7.03. The van der Waals surface area contributed by atoms with Crippen molar-refractivity contribution in [2.45, 2.75) is 25.2 Å². The highest BCUT2D eigenvalue weighted by Gasteiger charge is 2.36. The van der Waals surface area contributed by atoms with Crippen LogP contribution in [0.2, 0.25) is 0 Å². The number of phenols is 1. The molecule has 0 radical (unpaired) electrons. The first-order valence-corrected chi connectivity index (χ1v) is 11.1. The van der Waals surface area contributed by atoms with E-state index in [4.69, 9.17) is 0 Å². The predicted molar refractivity (Wildman–Crippen MR) is 128 cm³/mol. The average molecular weight is 447 g/mol. The summed E-state index contributed by atoms with van der Waals surface area (Å²) in [5.41, 5.74) is 2.07. The van der Waals surface area contributed by atoms with Gasteiger partial charge in [0.05, 0.1) is 25.3 Å². The van der Waals surface area contributed by atoms with E-state index in [-0.39, 0.29) is 24.4 Å². The number of hydrogen-bond acceptors (Lipinski definition) is 6. The largest absolute Gasteiger partial charge is 0.508 e. The summed E-state index contributed by atoms with van der Waals surface area (Å²) >= 11 is 0. The Labute approximate surface area is 194 Å². The van der Waals surface area contributed by atoms with Crippen LogP contribution < -0.4 is 5.32 Å². The summed E-state index contributed by atoms with van der Waals surface area (Å²) in [5, 5.41) is 19.2. The summed E-state index contributed by atoms with van der Waals surface area (Å²) in [5.74, 6) is 0.242. The molecule has 1 saturated heterocycles. The lowest BCUT2D eigenvalue weighted by Crippen LogP contribution is -2.66. The minimum absolute atomic E-state index is 0.0405. The van der Waals surface area contributed by atoms with Gasteiger partial charge in [-0.25, -0.2) is 10.0 Å². The van der Waals surface area contributed by atoms with Gasteiger partial charge < -0.3 is 14.8 Å². The molecule has 3 aromatic rings. The number of phenolic OH excluding ortho intramolecular Hbond substituents is 1. The van der Waals surface area contributed by atoms with Gasteiger partial charge in [0, 0.05) is 20.6 Å². The molecule has 1 unspecified atom stereocenters. The third-order valence-corrected chi connectivity index (χ3v) is 6.34. The second kappa shape index (κ2) is 10.1. The quantitative estimate of drug-likeness (QED) is 0.409. The molecule has 172 valence electrons. The van der Waals surface area contributed by atoms with Crippen LogP contribution in [0.25, 0.3) is 10.8 Å². The smallest absolute Gasteiger partial charge is 0.240 e. The van der Waals surface area contributed by atoms with Gasteiger partial charge in [-0.2, -0.15) is 0 Å². The molecule has 2 atom stereocenters. The minimum Gasteiger partial charge on any atom is -0.508 e. The van der Waals surface area contributed by atoms with E-state index in [0.717, 1.165) is 28.2 Å². The number of benzene rings is 3. The van der Waals surface area contributed by atoms with Crippen LogP contribution in [-0.2, 0) is 22.6 Å². The van der Waals surface area contributed by atoms with E-state index in [1.54, 1.807) is 12.1 Å². The summed E-state index contributed by atoms with van der Waals surface area (Å²) in [6, 6.07) is 20.9. The molecule has 3 aromatic carbocycles. The van der Waals surface area contributed by atoms with E-state index >= 15 is 0 Å². The van der Waals surface area contributed by atoms with Crippen molar-refractivity contribution in [1.29, 1.82) is 0 Å². The van der Waals surface area contributed by atoms with Crippen LogP contribution >= 0.6 is 0 Å². The predicted octanol–water partition coefficient (Wildman–Crippen LogP) is 2.39. The van der Waals surface area contributed by atoms with Crippen LogP contribution in [0, 0.1) is 0 Å². The second-order valence-electron chi connectivity index (χ2n) is 8.54. The van der Waals surface area contributed by atoms with Crippen molar-refractivity contribution in [3.05, 3.63) is 77.9 Å². The standard InChI is InChI=1S/C26H30N4O3/c1-28(14-15-31)29(2)25-18-30(17-21-8-5-7-20-6-3-4-9-23(20)21)26(33)24(27-25)16-19-10-12-22(32)13-11-19/h3-13,15,24-25,27,32H,14,16-18H2,1-2H3/t24-,25?/m0/s1. The lowest BCUT2D eigenvalue weighted by molar-refractivity contribution is -0.145. The summed E-state index contributed by atoms with van der Waals surface area (Å²) < 4.78 is 0. The molecule has 2 N–H and O–H groups in total. The van der Waals surface area contributed by atoms with Gasteiger partial charge in [0.1, 0.15) is 12.0 Å². The van der Waals surface area contributed by atoms with Crippen LogP contribution in [0.15, 0.2) is 66.7 Å². The van der Waals surface area contributed by atoms with Gasteiger partial charge in [0.2, 0.25) is 5.91 Å². The number of hydrazine groups is 1. The molecule has 0 spiro atoms. The number of rotatable bonds is 8. The van der Waals surface area contributed by atoms with Gasteiger partial charge in [0.15, 0.2) is 0 Å². The number of nitrogens with zero attached hydrogens (tertiary/aromatic N) is 3. The number of aromatic hydroxyl groups is 1. The van der Waals surface area contributed by atoms with Crippen molar-refractivity contribution in [3.63, 3.8) is 0 Å². The fourth-order valence-electron chi connectivity index (χ4n) is 4.37. The molecule has 1 heterocycles. The van der Waals surface area contributed by atoms with E-state index < -0.39 is 6.04 Å². The Hall–Kier alpha value is -3.26. The number of nitrogens with one attached hydrogen (secondary N) is 1. The molecule has 0 aromatic heterocycles. The fourth-order valence-corrected chi connectivity index (χ4v) is 4.37. The van der Waals surface area contributed by atoms with Gasteiger partial charge in [-0.15, -0.1) is 0 Å². The van der Waals surface area contributed by atoms with Gasteiger partial charge in [-0.05, 0) is 40.5 Å². The third-order valence-electron chi connectivity index (χ3n) is 6.34. The highest BCUT2D eigenvalue weighted by atomic mass is 16.3. The summed E-state index contributed by atoms with van der Waals surface area (Å²) in [6.07, 6.45) is 1.23. The number of piperazine rings is 1. The molecule has 33 heavy (non-hydrogen) atoms. The van der Waals surface area contributed by atoms with E-state index in [1.165, 1.54) is 0 Å². The monoisotopic (exact) mass is 446 g/mol. The average Bonchev–Trinajstić information content (AvgIpc) is 2.82. The topological polar surface area (TPSA) is 76.1 Å². The molecule has 0 bridgehead atoms.